The van der Waals surface area contributed by atoms with E-state index in [1.807, 2.05) is 18.2 Å². The molecule has 3 amide bonds. The molecule has 5 heteroatoms. The Balaban J connectivity index is 1.57. The average Bonchev–Trinajstić information content (AvgIpc) is 3.01. The number of carbonyl (C=O) groups excluding carboxylic acids is 2. The van der Waals surface area contributed by atoms with Crippen molar-refractivity contribution in [3.8, 4) is 0 Å². The van der Waals surface area contributed by atoms with Crippen molar-refractivity contribution in [3.63, 3.8) is 0 Å². The van der Waals surface area contributed by atoms with Gasteiger partial charge in [0.15, 0.2) is 0 Å². The maximum absolute atomic E-state index is 12.8. The Labute approximate surface area is 181 Å². The van der Waals surface area contributed by atoms with Gasteiger partial charge in [-0.2, -0.15) is 0 Å². The Hall–Kier alpha value is -2.14. The van der Waals surface area contributed by atoms with Crippen LogP contribution in [0.3, 0.4) is 0 Å². The van der Waals surface area contributed by atoms with Crippen molar-refractivity contribution in [2.45, 2.75) is 64.8 Å². The zero-order valence-electron chi connectivity index (χ0n) is 18.7. The Morgan fingerprint density at radius 2 is 1.90 bits per heavy atom. The van der Waals surface area contributed by atoms with Crippen molar-refractivity contribution in [2.24, 2.45) is 11.8 Å². The van der Waals surface area contributed by atoms with Gasteiger partial charge in [-0.15, -0.1) is 0 Å². The van der Waals surface area contributed by atoms with Crippen molar-refractivity contribution < 1.29 is 9.59 Å². The summed E-state index contributed by atoms with van der Waals surface area (Å²) in [5, 5.41) is 5.54. The molecule has 0 aliphatic carbocycles. The highest BCUT2D eigenvalue weighted by Crippen LogP contribution is 2.35. The summed E-state index contributed by atoms with van der Waals surface area (Å²) in [4.78, 5) is 27.4. The van der Waals surface area contributed by atoms with E-state index < -0.39 is 5.54 Å². The molecular formula is C25H37N3O2. The predicted molar refractivity (Wildman–Crippen MR) is 121 cm³/mol. The molecule has 0 aromatic heterocycles. The quantitative estimate of drug-likeness (QED) is 0.471. The van der Waals surface area contributed by atoms with Crippen LogP contribution in [-0.2, 0) is 11.2 Å². The van der Waals surface area contributed by atoms with Crippen LogP contribution in [0, 0.1) is 11.8 Å². The normalized spacial score (nSPS) is 23.7. The van der Waals surface area contributed by atoms with Crippen molar-refractivity contribution in [1.29, 1.82) is 0 Å². The largest absolute Gasteiger partial charge is 0.323 e. The first-order chi connectivity index (χ1) is 14.4. The van der Waals surface area contributed by atoms with Gasteiger partial charge < -0.3 is 10.2 Å². The standard InChI is InChI=1S/C25H37N3O2/c1-19(2)8-7-9-20(3)18-28-16-13-22(14-17-28)25(23(29)26-24(30)27-25)15-12-21-10-5-4-6-11-21/h4-6,8,10-11,20,22H,7,9,12-18H2,1-3H3,(H2,26,27,29,30). The summed E-state index contributed by atoms with van der Waals surface area (Å²) in [5.74, 6) is 0.709. The van der Waals surface area contributed by atoms with E-state index in [2.05, 4.69) is 54.5 Å². The molecule has 5 nitrogen and oxygen atoms in total. The fraction of sp³-hybridized carbons (Fsp3) is 0.600. The number of nitrogens with one attached hydrogen (secondary N) is 2. The highest BCUT2D eigenvalue weighted by atomic mass is 16.2. The number of amides is 3. The molecule has 2 atom stereocenters. The van der Waals surface area contributed by atoms with Crippen LogP contribution in [0.2, 0.25) is 0 Å². The topological polar surface area (TPSA) is 61.4 Å². The van der Waals surface area contributed by atoms with Crippen molar-refractivity contribution in [3.05, 3.63) is 47.5 Å². The Morgan fingerprint density at radius 3 is 2.50 bits per heavy atom. The lowest BCUT2D eigenvalue weighted by molar-refractivity contribution is -0.127. The van der Waals surface area contributed by atoms with E-state index in [0.29, 0.717) is 12.3 Å². The molecule has 2 unspecified atom stereocenters. The number of carbonyl (C=O) groups is 2. The number of imide groups is 1. The highest BCUT2D eigenvalue weighted by Gasteiger charge is 2.51. The van der Waals surface area contributed by atoms with E-state index in [9.17, 15) is 9.59 Å². The molecule has 164 valence electrons. The minimum absolute atomic E-state index is 0.142. The van der Waals surface area contributed by atoms with Crippen LogP contribution in [0.5, 0.6) is 0 Å². The van der Waals surface area contributed by atoms with Gasteiger partial charge in [0.25, 0.3) is 5.91 Å². The van der Waals surface area contributed by atoms with Crippen molar-refractivity contribution >= 4 is 11.9 Å². The smallest absolute Gasteiger partial charge is 0.322 e. The van der Waals surface area contributed by atoms with Gasteiger partial charge in [0.1, 0.15) is 5.54 Å². The summed E-state index contributed by atoms with van der Waals surface area (Å²) in [6.45, 7) is 9.74. The van der Waals surface area contributed by atoms with Gasteiger partial charge in [0, 0.05) is 6.54 Å². The molecule has 2 heterocycles. The number of hydrogen-bond donors (Lipinski definition) is 2. The summed E-state index contributed by atoms with van der Waals surface area (Å²) in [6.07, 6.45) is 8.01. The molecule has 3 rings (SSSR count). The third kappa shape index (κ3) is 5.72. The first-order valence-electron chi connectivity index (χ1n) is 11.4. The van der Waals surface area contributed by atoms with Crippen molar-refractivity contribution in [1.82, 2.24) is 15.5 Å². The summed E-state index contributed by atoms with van der Waals surface area (Å²) in [5.41, 5.74) is 1.82. The van der Waals surface area contributed by atoms with E-state index in [0.717, 1.165) is 45.3 Å². The molecule has 2 saturated heterocycles. The molecule has 1 aromatic carbocycles. The molecule has 30 heavy (non-hydrogen) atoms. The maximum Gasteiger partial charge on any atom is 0.322 e. The Kier molecular flexibility index (Phi) is 7.70. The van der Waals surface area contributed by atoms with Gasteiger partial charge in [-0.25, -0.2) is 4.79 Å². The molecule has 0 radical (unpaired) electrons. The number of likely N-dealkylation sites (tertiary alicyclic amines) is 1. The van der Waals surface area contributed by atoms with E-state index >= 15 is 0 Å². The molecule has 2 aliphatic rings. The summed E-state index contributed by atoms with van der Waals surface area (Å²) in [7, 11) is 0. The minimum Gasteiger partial charge on any atom is -0.323 e. The van der Waals surface area contributed by atoms with Crippen LogP contribution < -0.4 is 10.6 Å². The zero-order valence-corrected chi connectivity index (χ0v) is 18.7. The third-order valence-electron chi connectivity index (χ3n) is 6.69. The van der Waals surface area contributed by atoms with Crippen LogP contribution in [0.1, 0.15) is 58.4 Å². The monoisotopic (exact) mass is 411 g/mol. The highest BCUT2D eigenvalue weighted by molar-refractivity contribution is 6.07. The lowest BCUT2D eigenvalue weighted by atomic mass is 9.74. The van der Waals surface area contributed by atoms with Gasteiger partial charge >= 0.3 is 6.03 Å². The zero-order chi connectivity index (χ0) is 21.6. The molecular weight excluding hydrogens is 374 g/mol. The van der Waals surface area contributed by atoms with Gasteiger partial charge in [-0.05, 0) is 82.9 Å². The molecule has 2 N–H and O–H groups in total. The van der Waals surface area contributed by atoms with Crippen LogP contribution in [-0.4, -0.2) is 42.0 Å². The fourth-order valence-corrected chi connectivity index (χ4v) is 4.96. The maximum atomic E-state index is 12.8. The second kappa shape index (κ2) is 10.3. The molecule has 0 spiro atoms. The number of urea groups is 1. The van der Waals surface area contributed by atoms with E-state index in [1.54, 1.807) is 0 Å². The number of benzene rings is 1. The van der Waals surface area contributed by atoms with Crippen LogP contribution in [0.15, 0.2) is 42.0 Å². The number of allylic oxidation sites excluding steroid dienone is 2. The first kappa shape index (κ1) is 22.5. The van der Waals surface area contributed by atoms with E-state index in [1.165, 1.54) is 17.6 Å². The van der Waals surface area contributed by atoms with Crippen molar-refractivity contribution in [2.75, 3.05) is 19.6 Å². The SMILES string of the molecule is CC(C)=CCCC(C)CN1CCC(C2(CCc3ccccc3)NC(=O)NC2=O)CC1. The number of nitrogens with zero attached hydrogens (tertiary/aromatic N) is 1. The lowest BCUT2D eigenvalue weighted by Crippen LogP contribution is -2.56. The van der Waals surface area contributed by atoms with Gasteiger partial charge in [-0.3, -0.25) is 10.1 Å². The molecule has 1 aromatic rings. The van der Waals surface area contributed by atoms with Crippen LogP contribution in [0.4, 0.5) is 4.79 Å². The van der Waals surface area contributed by atoms with Crippen LogP contribution in [0.25, 0.3) is 0 Å². The summed E-state index contributed by atoms with van der Waals surface area (Å²) >= 11 is 0. The first-order valence-corrected chi connectivity index (χ1v) is 11.4. The average molecular weight is 412 g/mol. The Morgan fingerprint density at radius 1 is 1.20 bits per heavy atom. The van der Waals surface area contributed by atoms with Gasteiger partial charge in [-0.1, -0.05) is 48.9 Å². The molecule has 2 fully saturated rings. The summed E-state index contributed by atoms with van der Waals surface area (Å²) in [6, 6.07) is 9.87. The molecule has 0 saturated carbocycles. The molecule has 0 bridgehead atoms. The predicted octanol–water partition coefficient (Wildman–Crippen LogP) is 4.29. The number of piperidine rings is 1. The fourth-order valence-electron chi connectivity index (χ4n) is 4.96. The lowest BCUT2D eigenvalue weighted by Gasteiger charge is -2.41. The second-order valence-corrected chi connectivity index (χ2v) is 9.40. The van der Waals surface area contributed by atoms with Crippen LogP contribution >= 0.6 is 0 Å². The van der Waals surface area contributed by atoms with Gasteiger partial charge in [0.05, 0.1) is 0 Å². The number of hydrogen-bond acceptors (Lipinski definition) is 3. The second-order valence-electron chi connectivity index (χ2n) is 9.40. The van der Waals surface area contributed by atoms with E-state index in [4.69, 9.17) is 0 Å². The Bertz CT molecular complexity index is 749. The number of aryl methyl sites for hydroxylation is 1. The molecule has 2 aliphatic heterocycles. The third-order valence-corrected chi connectivity index (χ3v) is 6.69. The minimum atomic E-state index is -0.770. The van der Waals surface area contributed by atoms with E-state index in [-0.39, 0.29) is 17.9 Å². The van der Waals surface area contributed by atoms with Gasteiger partial charge in [0.2, 0.25) is 0 Å². The summed E-state index contributed by atoms with van der Waals surface area (Å²) < 4.78 is 0. The number of rotatable bonds is 9.